The third kappa shape index (κ3) is 3.96. The maximum Gasteiger partial charge on any atom is 0.258 e. The first-order valence-electron chi connectivity index (χ1n) is 8.38. The first kappa shape index (κ1) is 17.0. The Morgan fingerprint density at radius 2 is 2.16 bits per heavy atom. The van der Waals surface area contributed by atoms with Crippen molar-refractivity contribution in [1.82, 2.24) is 14.5 Å². The third-order valence-electron chi connectivity index (χ3n) is 4.00. The molecule has 0 fully saturated rings. The second-order valence-electron chi connectivity index (χ2n) is 6.25. The average molecular weight is 338 g/mol. The second kappa shape index (κ2) is 7.34. The summed E-state index contributed by atoms with van der Waals surface area (Å²) in [7, 11) is 0. The molecule has 0 aliphatic heterocycles. The SMILES string of the molecule is CC(C)n1cc(-c2cnc(N)c(OCC3=CCCC=C3)n2)ccc1=O. The Hall–Kier alpha value is -2.89. The van der Waals surface area contributed by atoms with Crippen LogP contribution in [0.5, 0.6) is 5.88 Å². The van der Waals surface area contributed by atoms with Gasteiger partial charge in [-0.3, -0.25) is 4.79 Å². The molecule has 25 heavy (non-hydrogen) atoms. The summed E-state index contributed by atoms with van der Waals surface area (Å²) < 4.78 is 7.41. The molecule has 6 heteroatoms. The summed E-state index contributed by atoms with van der Waals surface area (Å²) in [6.45, 7) is 4.32. The van der Waals surface area contributed by atoms with Gasteiger partial charge in [0.1, 0.15) is 6.61 Å². The summed E-state index contributed by atoms with van der Waals surface area (Å²) in [5.74, 6) is 0.556. The van der Waals surface area contributed by atoms with Gasteiger partial charge in [-0.25, -0.2) is 9.97 Å². The highest BCUT2D eigenvalue weighted by Gasteiger charge is 2.11. The lowest BCUT2D eigenvalue weighted by atomic mass is 10.1. The summed E-state index contributed by atoms with van der Waals surface area (Å²) in [6, 6.07) is 3.33. The van der Waals surface area contributed by atoms with Crippen LogP contribution in [-0.4, -0.2) is 21.1 Å². The predicted molar refractivity (Wildman–Crippen MR) is 98.5 cm³/mol. The van der Waals surface area contributed by atoms with Crippen LogP contribution in [-0.2, 0) is 0 Å². The molecule has 6 nitrogen and oxygen atoms in total. The van der Waals surface area contributed by atoms with Crippen molar-refractivity contribution in [2.75, 3.05) is 12.3 Å². The second-order valence-corrected chi connectivity index (χ2v) is 6.25. The van der Waals surface area contributed by atoms with Crippen molar-refractivity contribution < 1.29 is 4.74 Å². The molecule has 1 aliphatic carbocycles. The minimum atomic E-state index is -0.0466. The van der Waals surface area contributed by atoms with E-state index < -0.39 is 0 Å². The molecule has 0 unspecified atom stereocenters. The Balaban J connectivity index is 1.86. The molecule has 2 aromatic heterocycles. The molecule has 0 spiro atoms. The number of pyridine rings is 1. The fourth-order valence-electron chi connectivity index (χ4n) is 2.61. The van der Waals surface area contributed by atoms with Crippen LogP contribution in [0.15, 0.2) is 53.1 Å². The number of nitrogens with two attached hydrogens (primary N) is 1. The summed E-state index contributed by atoms with van der Waals surface area (Å²) in [5, 5.41) is 0. The van der Waals surface area contributed by atoms with E-state index in [9.17, 15) is 4.79 Å². The lowest BCUT2D eigenvalue weighted by Gasteiger charge is -2.13. The number of rotatable bonds is 5. The number of aromatic nitrogens is 3. The molecule has 0 atom stereocenters. The molecular formula is C19H22N4O2. The van der Waals surface area contributed by atoms with Gasteiger partial charge in [0.05, 0.1) is 11.9 Å². The van der Waals surface area contributed by atoms with E-state index in [1.807, 2.05) is 13.8 Å². The summed E-state index contributed by atoms with van der Waals surface area (Å²) >= 11 is 0. The lowest BCUT2D eigenvalue weighted by molar-refractivity contribution is 0.342. The Kier molecular flexibility index (Phi) is 4.97. The van der Waals surface area contributed by atoms with Crippen LogP contribution in [0.25, 0.3) is 11.3 Å². The number of hydrogen-bond donors (Lipinski definition) is 1. The number of nitrogens with zero attached hydrogens (tertiary/aromatic N) is 3. The minimum Gasteiger partial charge on any atom is -0.470 e. The van der Waals surface area contributed by atoms with Crippen molar-refractivity contribution in [3.05, 3.63) is 58.7 Å². The van der Waals surface area contributed by atoms with Crippen molar-refractivity contribution in [1.29, 1.82) is 0 Å². The van der Waals surface area contributed by atoms with Crippen molar-refractivity contribution in [3.63, 3.8) is 0 Å². The zero-order valence-electron chi connectivity index (χ0n) is 14.5. The molecule has 0 saturated carbocycles. The number of hydrogen-bond acceptors (Lipinski definition) is 5. The molecule has 0 amide bonds. The number of nitrogen functional groups attached to an aromatic ring is 1. The van der Waals surface area contributed by atoms with Crippen LogP contribution in [0.3, 0.4) is 0 Å². The van der Waals surface area contributed by atoms with Crippen LogP contribution in [0.4, 0.5) is 5.82 Å². The van der Waals surface area contributed by atoms with Crippen molar-refractivity contribution in [2.24, 2.45) is 0 Å². The molecule has 1 aliphatic rings. The average Bonchev–Trinajstić information content (AvgIpc) is 2.62. The zero-order valence-corrected chi connectivity index (χ0v) is 14.5. The fraction of sp³-hybridized carbons (Fsp3) is 0.316. The first-order valence-corrected chi connectivity index (χ1v) is 8.38. The largest absolute Gasteiger partial charge is 0.470 e. The molecule has 0 bridgehead atoms. The first-order chi connectivity index (χ1) is 12.0. The van der Waals surface area contributed by atoms with Gasteiger partial charge >= 0.3 is 0 Å². The number of ether oxygens (including phenoxy) is 1. The van der Waals surface area contributed by atoms with Crippen molar-refractivity contribution in [3.8, 4) is 17.1 Å². The van der Waals surface area contributed by atoms with Gasteiger partial charge in [0.2, 0.25) is 0 Å². The van der Waals surface area contributed by atoms with E-state index in [-0.39, 0.29) is 17.4 Å². The van der Waals surface area contributed by atoms with Crippen LogP contribution in [0.1, 0.15) is 32.7 Å². The van der Waals surface area contributed by atoms with E-state index in [1.54, 1.807) is 23.0 Å². The van der Waals surface area contributed by atoms with Gasteiger partial charge < -0.3 is 15.0 Å². The highest BCUT2D eigenvalue weighted by molar-refractivity contribution is 5.59. The molecule has 2 heterocycles. The molecular weight excluding hydrogens is 316 g/mol. The highest BCUT2D eigenvalue weighted by Crippen LogP contribution is 2.23. The van der Waals surface area contributed by atoms with Gasteiger partial charge in [-0.15, -0.1) is 0 Å². The molecule has 130 valence electrons. The Morgan fingerprint density at radius 1 is 1.32 bits per heavy atom. The summed E-state index contributed by atoms with van der Waals surface area (Å²) in [4.78, 5) is 20.6. The molecule has 0 radical (unpaired) electrons. The quantitative estimate of drug-likeness (QED) is 0.905. The third-order valence-corrected chi connectivity index (χ3v) is 4.00. The van der Waals surface area contributed by atoms with E-state index >= 15 is 0 Å². The van der Waals surface area contributed by atoms with E-state index in [0.717, 1.165) is 24.0 Å². The molecule has 0 saturated heterocycles. The van der Waals surface area contributed by atoms with E-state index in [4.69, 9.17) is 10.5 Å². The Labute approximate surface area is 146 Å². The van der Waals surface area contributed by atoms with Gasteiger partial charge in [0.15, 0.2) is 5.82 Å². The van der Waals surface area contributed by atoms with Gasteiger partial charge in [-0.05, 0) is 38.3 Å². The molecule has 3 rings (SSSR count). The summed E-state index contributed by atoms with van der Waals surface area (Å²) in [6.07, 6.45) is 11.8. The van der Waals surface area contributed by atoms with E-state index in [0.29, 0.717) is 18.2 Å². The smallest absolute Gasteiger partial charge is 0.258 e. The maximum atomic E-state index is 11.9. The lowest BCUT2D eigenvalue weighted by Crippen LogP contribution is -2.20. The van der Waals surface area contributed by atoms with E-state index in [2.05, 4.69) is 28.2 Å². The number of allylic oxidation sites excluding steroid dienone is 2. The standard InChI is InChI=1S/C19H22N4O2/c1-13(2)23-11-15(8-9-17(23)24)16-10-21-18(20)19(22-16)25-12-14-6-4-3-5-7-14/h4,6-11,13H,3,5,12H2,1-2H3,(H2,20,21). The van der Waals surface area contributed by atoms with Gasteiger partial charge in [0, 0.05) is 23.9 Å². The Bertz CT molecular complexity index is 881. The van der Waals surface area contributed by atoms with Crippen molar-refractivity contribution in [2.45, 2.75) is 32.7 Å². The molecule has 2 aromatic rings. The van der Waals surface area contributed by atoms with Gasteiger partial charge in [-0.1, -0.05) is 18.2 Å². The van der Waals surface area contributed by atoms with Crippen LogP contribution in [0, 0.1) is 0 Å². The van der Waals surface area contributed by atoms with E-state index in [1.165, 1.54) is 6.07 Å². The molecule has 0 aromatic carbocycles. The van der Waals surface area contributed by atoms with Gasteiger partial charge in [0.25, 0.3) is 11.4 Å². The summed E-state index contributed by atoms with van der Waals surface area (Å²) in [5.41, 5.74) is 8.36. The minimum absolute atomic E-state index is 0.0466. The fourth-order valence-corrected chi connectivity index (χ4v) is 2.61. The normalized spacial score (nSPS) is 13.8. The number of anilines is 1. The predicted octanol–water partition coefficient (Wildman–Crippen LogP) is 3.12. The highest BCUT2D eigenvalue weighted by atomic mass is 16.5. The zero-order chi connectivity index (χ0) is 17.8. The molecule has 2 N–H and O–H groups in total. The van der Waals surface area contributed by atoms with Crippen LogP contribution < -0.4 is 16.0 Å². The topological polar surface area (TPSA) is 83.0 Å². The van der Waals surface area contributed by atoms with Gasteiger partial charge in [-0.2, -0.15) is 0 Å². The monoisotopic (exact) mass is 338 g/mol. The van der Waals surface area contributed by atoms with Crippen molar-refractivity contribution >= 4 is 5.82 Å². The Morgan fingerprint density at radius 3 is 2.88 bits per heavy atom. The maximum absolute atomic E-state index is 11.9. The van der Waals surface area contributed by atoms with Crippen LogP contribution >= 0.6 is 0 Å². The van der Waals surface area contributed by atoms with Crippen LogP contribution in [0.2, 0.25) is 0 Å².